The maximum absolute atomic E-state index is 14.1. The molecule has 3 N–H and O–H groups in total. The van der Waals surface area contributed by atoms with Crippen LogP contribution in [0.3, 0.4) is 0 Å². The van der Waals surface area contributed by atoms with Crippen molar-refractivity contribution in [1.82, 2.24) is 15.5 Å². The third-order valence-electron chi connectivity index (χ3n) is 9.09. The Morgan fingerprint density at radius 2 is 1.88 bits per heavy atom. The minimum Gasteiger partial charge on any atom is -0.394 e. The Hall–Kier alpha value is -1.67. The molecule has 4 rings (SSSR count). The fraction of sp³-hybridized carbons (Fsp3) is 0.885. The molecule has 4 aliphatic rings. The quantitative estimate of drug-likeness (QED) is 0.472. The van der Waals surface area contributed by atoms with Crippen molar-refractivity contribution in [2.45, 2.75) is 115 Å². The SMILES string of the molecule is CCCNC(=O)[C@H]1[C@H]2C(=O)N([C@@H](CO)[C@@H](C)CC)C(C(=O)NC3CCCCC3)C23CC[C@]1(C)O3. The molecule has 1 aliphatic carbocycles. The summed E-state index contributed by atoms with van der Waals surface area (Å²) in [5.41, 5.74) is -1.79. The van der Waals surface area contributed by atoms with Crippen molar-refractivity contribution in [3.63, 3.8) is 0 Å². The highest BCUT2D eigenvalue weighted by atomic mass is 16.5. The van der Waals surface area contributed by atoms with Gasteiger partial charge in [-0.2, -0.15) is 0 Å². The Kier molecular flexibility index (Phi) is 7.30. The van der Waals surface area contributed by atoms with Crippen molar-refractivity contribution < 1.29 is 24.2 Å². The molecule has 0 aromatic rings. The van der Waals surface area contributed by atoms with Crippen molar-refractivity contribution in [3.8, 4) is 0 Å². The first kappa shape index (κ1) is 25.4. The number of carbonyl (C=O) groups excluding carboxylic acids is 3. The number of rotatable bonds is 9. The van der Waals surface area contributed by atoms with Crippen LogP contribution in [-0.2, 0) is 19.1 Å². The van der Waals surface area contributed by atoms with Gasteiger partial charge >= 0.3 is 0 Å². The van der Waals surface area contributed by atoms with Gasteiger partial charge in [0.15, 0.2) is 0 Å². The second kappa shape index (κ2) is 9.76. The van der Waals surface area contributed by atoms with E-state index in [1.54, 1.807) is 4.90 Å². The van der Waals surface area contributed by atoms with Gasteiger partial charge in [0.25, 0.3) is 0 Å². The molecule has 8 heteroatoms. The molecule has 7 atom stereocenters. The molecule has 8 nitrogen and oxygen atoms in total. The number of aliphatic hydroxyl groups is 1. The summed E-state index contributed by atoms with van der Waals surface area (Å²) in [6, 6.07) is -1.22. The lowest BCUT2D eigenvalue weighted by Crippen LogP contribution is -2.60. The number of likely N-dealkylation sites (tertiary alicyclic amines) is 1. The Labute approximate surface area is 203 Å². The third-order valence-corrected chi connectivity index (χ3v) is 9.09. The van der Waals surface area contributed by atoms with Crippen LogP contribution in [0, 0.1) is 17.8 Å². The Morgan fingerprint density at radius 1 is 1.18 bits per heavy atom. The summed E-state index contributed by atoms with van der Waals surface area (Å²) < 4.78 is 6.65. The Balaban J connectivity index is 1.73. The molecule has 1 spiro atoms. The minimum atomic E-state index is -1.03. The minimum absolute atomic E-state index is 0.00862. The number of amides is 3. The van der Waals surface area contributed by atoms with E-state index in [0.29, 0.717) is 19.4 Å². The fourth-order valence-corrected chi connectivity index (χ4v) is 7.12. The van der Waals surface area contributed by atoms with Crippen LogP contribution >= 0.6 is 0 Å². The van der Waals surface area contributed by atoms with E-state index >= 15 is 0 Å². The average molecular weight is 478 g/mol. The van der Waals surface area contributed by atoms with Gasteiger partial charge in [0, 0.05) is 12.6 Å². The van der Waals surface area contributed by atoms with Crippen molar-refractivity contribution in [2.75, 3.05) is 13.2 Å². The number of hydrogen-bond donors (Lipinski definition) is 3. The normalized spacial score (nSPS) is 36.9. The van der Waals surface area contributed by atoms with Crippen LogP contribution in [-0.4, -0.2) is 70.2 Å². The summed E-state index contributed by atoms with van der Waals surface area (Å²) in [5, 5.41) is 16.6. The highest BCUT2D eigenvalue weighted by Gasteiger charge is 2.78. The van der Waals surface area contributed by atoms with Gasteiger partial charge in [-0.15, -0.1) is 0 Å². The molecule has 2 unspecified atom stereocenters. The van der Waals surface area contributed by atoms with Crippen LogP contribution < -0.4 is 10.6 Å². The molecular weight excluding hydrogens is 434 g/mol. The molecule has 3 saturated heterocycles. The van der Waals surface area contributed by atoms with E-state index in [1.807, 2.05) is 27.7 Å². The van der Waals surface area contributed by atoms with Gasteiger partial charge in [0.1, 0.15) is 11.6 Å². The molecule has 34 heavy (non-hydrogen) atoms. The monoisotopic (exact) mass is 477 g/mol. The van der Waals surface area contributed by atoms with Gasteiger partial charge in [-0.25, -0.2) is 0 Å². The van der Waals surface area contributed by atoms with Crippen LogP contribution in [0.1, 0.15) is 85.5 Å². The summed E-state index contributed by atoms with van der Waals surface area (Å²) in [5.74, 6) is -1.91. The molecule has 3 aliphatic heterocycles. The van der Waals surface area contributed by atoms with Crippen LogP contribution in [0.4, 0.5) is 0 Å². The molecular formula is C26H43N3O5. The zero-order chi connectivity index (χ0) is 24.7. The summed E-state index contributed by atoms with van der Waals surface area (Å²) in [7, 11) is 0. The summed E-state index contributed by atoms with van der Waals surface area (Å²) in [6.45, 7) is 8.26. The average Bonchev–Trinajstić information content (AvgIpc) is 3.39. The number of hydrogen-bond acceptors (Lipinski definition) is 5. The second-order valence-corrected chi connectivity index (χ2v) is 11.2. The van der Waals surface area contributed by atoms with E-state index in [4.69, 9.17) is 4.74 Å². The largest absolute Gasteiger partial charge is 0.394 e. The van der Waals surface area contributed by atoms with Gasteiger partial charge in [-0.1, -0.05) is 46.5 Å². The molecule has 3 heterocycles. The Bertz CT molecular complexity index is 799. The predicted octanol–water partition coefficient (Wildman–Crippen LogP) is 2.13. The highest BCUT2D eigenvalue weighted by Crippen LogP contribution is 2.63. The van der Waals surface area contributed by atoms with Crippen LogP contribution in [0.2, 0.25) is 0 Å². The number of carbonyl (C=O) groups is 3. The molecule has 0 radical (unpaired) electrons. The lowest BCUT2D eigenvalue weighted by atomic mass is 9.66. The van der Waals surface area contributed by atoms with Crippen molar-refractivity contribution >= 4 is 17.7 Å². The number of aliphatic hydroxyl groups excluding tert-OH is 1. The first-order chi connectivity index (χ1) is 16.2. The molecule has 4 fully saturated rings. The van der Waals surface area contributed by atoms with E-state index in [2.05, 4.69) is 10.6 Å². The zero-order valence-corrected chi connectivity index (χ0v) is 21.3. The van der Waals surface area contributed by atoms with Gasteiger partial charge in [-0.3, -0.25) is 14.4 Å². The number of nitrogens with zero attached hydrogens (tertiary/aromatic N) is 1. The van der Waals surface area contributed by atoms with E-state index in [9.17, 15) is 19.5 Å². The summed E-state index contributed by atoms with van der Waals surface area (Å²) in [6.07, 6.45) is 8.02. The van der Waals surface area contributed by atoms with Gasteiger partial charge in [-0.05, 0) is 44.9 Å². The predicted molar refractivity (Wildman–Crippen MR) is 128 cm³/mol. The first-order valence-corrected chi connectivity index (χ1v) is 13.4. The fourth-order valence-electron chi connectivity index (χ4n) is 7.12. The van der Waals surface area contributed by atoms with Gasteiger partial charge in [0.05, 0.1) is 30.1 Å². The smallest absolute Gasteiger partial charge is 0.246 e. The van der Waals surface area contributed by atoms with Crippen molar-refractivity contribution in [2.24, 2.45) is 17.8 Å². The van der Waals surface area contributed by atoms with E-state index in [0.717, 1.165) is 38.5 Å². The van der Waals surface area contributed by atoms with Crippen LogP contribution in [0.15, 0.2) is 0 Å². The van der Waals surface area contributed by atoms with Crippen LogP contribution in [0.25, 0.3) is 0 Å². The number of nitrogens with one attached hydrogen (secondary N) is 2. The maximum atomic E-state index is 14.1. The van der Waals surface area contributed by atoms with Gasteiger partial charge in [0.2, 0.25) is 17.7 Å². The van der Waals surface area contributed by atoms with Crippen LogP contribution in [0.5, 0.6) is 0 Å². The first-order valence-electron chi connectivity index (χ1n) is 13.4. The topological polar surface area (TPSA) is 108 Å². The molecule has 0 aromatic carbocycles. The van der Waals surface area contributed by atoms with E-state index < -0.39 is 35.1 Å². The summed E-state index contributed by atoms with van der Waals surface area (Å²) in [4.78, 5) is 42.9. The van der Waals surface area contributed by atoms with Crippen molar-refractivity contribution in [1.29, 1.82) is 0 Å². The molecule has 1 saturated carbocycles. The lowest BCUT2D eigenvalue weighted by molar-refractivity contribution is -0.151. The maximum Gasteiger partial charge on any atom is 0.246 e. The highest BCUT2D eigenvalue weighted by molar-refractivity contribution is 5.99. The molecule has 3 amide bonds. The standard InChI is InChI=1S/C26H43N3O5/c1-5-14-27-22(31)19-20-24(33)29(18(15-30)16(3)6-2)21(26(20)13-12-25(19,4)34-26)23(32)28-17-10-8-7-9-11-17/h16-21,30H,5-15H2,1-4H3,(H,27,31)(H,28,32)/t16-,18-,19+,20-,21?,25-,26?/m0/s1. The molecule has 2 bridgehead atoms. The number of ether oxygens (including phenoxy) is 1. The van der Waals surface area contributed by atoms with Gasteiger partial charge < -0.3 is 25.4 Å². The van der Waals surface area contributed by atoms with Crippen molar-refractivity contribution in [3.05, 3.63) is 0 Å². The number of fused-ring (bicyclic) bond motifs is 1. The second-order valence-electron chi connectivity index (χ2n) is 11.2. The molecule has 0 aromatic heterocycles. The van der Waals surface area contributed by atoms with E-state index in [1.165, 1.54) is 6.42 Å². The summed E-state index contributed by atoms with van der Waals surface area (Å²) >= 11 is 0. The third kappa shape index (κ3) is 3.94. The Morgan fingerprint density at radius 3 is 2.50 bits per heavy atom. The zero-order valence-electron chi connectivity index (χ0n) is 21.3. The lowest BCUT2D eigenvalue weighted by Gasteiger charge is -2.40. The molecule has 192 valence electrons. The van der Waals surface area contributed by atoms with E-state index in [-0.39, 0.29) is 36.3 Å².